The SMILES string of the molecule is C=CC(=N)/C=C\C(C)=C/C. The maximum Gasteiger partial charge on any atom is 0.0534 e. The van der Waals surface area contributed by atoms with Gasteiger partial charge in [-0.15, -0.1) is 0 Å². The molecule has 0 rings (SSSR count). The van der Waals surface area contributed by atoms with Crippen molar-refractivity contribution < 1.29 is 0 Å². The Morgan fingerprint density at radius 1 is 1.40 bits per heavy atom. The third-order valence-electron chi connectivity index (χ3n) is 1.20. The number of rotatable bonds is 3. The highest BCUT2D eigenvalue weighted by atomic mass is 14.4. The van der Waals surface area contributed by atoms with Crippen LogP contribution in [-0.2, 0) is 0 Å². The first kappa shape index (κ1) is 8.89. The fraction of sp³-hybridized carbons (Fsp3) is 0.222. The molecule has 10 heavy (non-hydrogen) atoms. The van der Waals surface area contributed by atoms with E-state index in [2.05, 4.69) is 6.58 Å². The van der Waals surface area contributed by atoms with E-state index in [0.717, 1.165) is 5.57 Å². The van der Waals surface area contributed by atoms with E-state index in [9.17, 15) is 0 Å². The molecular formula is C9H13N. The van der Waals surface area contributed by atoms with Crippen molar-refractivity contribution in [3.05, 3.63) is 36.5 Å². The average molecular weight is 135 g/mol. The smallest absolute Gasteiger partial charge is 0.0534 e. The monoisotopic (exact) mass is 135 g/mol. The van der Waals surface area contributed by atoms with Crippen molar-refractivity contribution in [3.8, 4) is 0 Å². The quantitative estimate of drug-likeness (QED) is 0.454. The molecule has 0 aromatic rings. The molecule has 0 aliphatic carbocycles. The number of hydrogen-bond donors (Lipinski definition) is 1. The summed E-state index contributed by atoms with van der Waals surface area (Å²) >= 11 is 0. The Kier molecular flexibility index (Phi) is 4.21. The summed E-state index contributed by atoms with van der Waals surface area (Å²) in [6.45, 7) is 7.43. The Bertz CT molecular complexity index is 181. The van der Waals surface area contributed by atoms with Gasteiger partial charge < -0.3 is 5.41 Å². The van der Waals surface area contributed by atoms with Crippen LogP contribution in [0.4, 0.5) is 0 Å². The zero-order chi connectivity index (χ0) is 7.98. The third kappa shape index (κ3) is 3.84. The number of nitrogens with one attached hydrogen (secondary N) is 1. The number of allylic oxidation sites excluding steroid dienone is 5. The molecule has 0 fully saturated rings. The zero-order valence-corrected chi connectivity index (χ0v) is 6.52. The fourth-order valence-corrected chi connectivity index (χ4v) is 0.385. The van der Waals surface area contributed by atoms with E-state index in [1.807, 2.05) is 26.0 Å². The second-order valence-corrected chi connectivity index (χ2v) is 2.03. The van der Waals surface area contributed by atoms with Gasteiger partial charge in [-0.3, -0.25) is 0 Å². The van der Waals surface area contributed by atoms with Gasteiger partial charge in [0.1, 0.15) is 0 Å². The van der Waals surface area contributed by atoms with Gasteiger partial charge in [-0.2, -0.15) is 0 Å². The van der Waals surface area contributed by atoms with E-state index in [4.69, 9.17) is 5.41 Å². The van der Waals surface area contributed by atoms with Crippen LogP contribution in [0.25, 0.3) is 0 Å². The van der Waals surface area contributed by atoms with Crippen LogP contribution in [0.15, 0.2) is 36.5 Å². The molecule has 1 nitrogen and oxygen atoms in total. The van der Waals surface area contributed by atoms with E-state index in [0.29, 0.717) is 5.71 Å². The molecule has 0 amide bonds. The van der Waals surface area contributed by atoms with Gasteiger partial charge in [-0.05, 0) is 26.0 Å². The number of hydrogen-bond acceptors (Lipinski definition) is 1. The minimum Gasteiger partial charge on any atom is -0.301 e. The summed E-state index contributed by atoms with van der Waals surface area (Å²) in [6.07, 6.45) is 7.12. The summed E-state index contributed by atoms with van der Waals surface area (Å²) in [5, 5.41) is 7.17. The van der Waals surface area contributed by atoms with Crippen molar-refractivity contribution in [1.29, 1.82) is 5.41 Å². The van der Waals surface area contributed by atoms with Gasteiger partial charge in [0.25, 0.3) is 0 Å². The minimum atomic E-state index is 0.446. The summed E-state index contributed by atoms with van der Waals surface area (Å²) in [6, 6.07) is 0. The Morgan fingerprint density at radius 2 is 2.00 bits per heavy atom. The molecule has 54 valence electrons. The molecule has 0 atom stereocenters. The summed E-state index contributed by atoms with van der Waals surface area (Å²) in [4.78, 5) is 0. The molecule has 0 aromatic heterocycles. The van der Waals surface area contributed by atoms with Crippen molar-refractivity contribution in [2.24, 2.45) is 0 Å². The highest BCUT2D eigenvalue weighted by Crippen LogP contribution is 1.93. The lowest BCUT2D eigenvalue weighted by molar-refractivity contribution is 1.47. The highest BCUT2D eigenvalue weighted by molar-refractivity contribution is 6.01. The maximum absolute atomic E-state index is 7.17. The average Bonchev–Trinajstić information content (AvgIpc) is 1.99. The van der Waals surface area contributed by atoms with Crippen LogP contribution in [0.5, 0.6) is 0 Å². The van der Waals surface area contributed by atoms with Crippen LogP contribution >= 0.6 is 0 Å². The molecule has 1 heteroatoms. The maximum atomic E-state index is 7.17. The van der Waals surface area contributed by atoms with Crippen LogP contribution < -0.4 is 0 Å². The molecule has 0 bridgehead atoms. The van der Waals surface area contributed by atoms with Crippen LogP contribution in [0, 0.1) is 5.41 Å². The van der Waals surface area contributed by atoms with Crippen molar-refractivity contribution >= 4 is 5.71 Å². The topological polar surface area (TPSA) is 23.9 Å². The summed E-state index contributed by atoms with van der Waals surface area (Å²) in [5.74, 6) is 0. The van der Waals surface area contributed by atoms with Crippen molar-refractivity contribution in [1.82, 2.24) is 0 Å². The molecule has 0 heterocycles. The predicted molar refractivity (Wildman–Crippen MR) is 46.5 cm³/mol. The summed E-state index contributed by atoms with van der Waals surface area (Å²) in [7, 11) is 0. The van der Waals surface area contributed by atoms with Crippen LogP contribution in [0.3, 0.4) is 0 Å². The lowest BCUT2D eigenvalue weighted by atomic mass is 10.2. The Balaban J connectivity index is 4.00. The van der Waals surface area contributed by atoms with E-state index < -0.39 is 0 Å². The lowest BCUT2D eigenvalue weighted by Crippen LogP contribution is -1.80. The molecule has 1 N–H and O–H groups in total. The van der Waals surface area contributed by atoms with Crippen LogP contribution in [0.2, 0.25) is 0 Å². The van der Waals surface area contributed by atoms with Gasteiger partial charge >= 0.3 is 0 Å². The minimum absolute atomic E-state index is 0.446. The summed E-state index contributed by atoms with van der Waals surface area (Å²) < 4.78 is 0. The first-order valence-corrected chi connectivity index (χ1v) is 3.22. The molecule has 0 radical (unpaired) electrons. The molecule has 0 saturated heterocycles. The molecule has 0 unspecified atom stereocenters. The van der Waals surface area contributed by atoms with Gasteiger partial charge in [0.2, 0.25) is 0 Å². The molecule has 0 aliphatic heterocycles. The van der Waals surface area contributed by atoms with Gasteiger partial charge in [0, 0.05) is 0 Å². The molecule has 0 aliphatic rings. The van der Waals surface area contributed by atoms with Gasteiger partial charge in [0.05, 0.1) is 5.71 Å². The zero-order valence-electron chi connectivity index (χ0n) is 6.52. The first-order valence-electron chi connectivity index (χ1n) is 3.22. The van der Waals surface area contributed by atoms with Crippen molar-refractivity contribution in [2.75, 3.05) is 0 Å². The molecule has 0 aromatic carbocycles. The second kappa shape index (κ2) is 4.74. The van der Waals surface area contributed by atoms with Gasteiger partial charge in [-0.1, -0.05) is 24.3 Å². The second-order valence-electron chi connectivity index (χ2n) is 2.03. The third-order valence-corrected chi connectivity index (χ3v) is 1.20. The molecule has 0 saturated carbocycles. The summed E-state index contributed by atoms with van der Waals surface area (Å²) in [5.41, 5.74) is 1.60. The van der Waals surface area contributed by atoms with E-state index >= 15 is 0 Å². The van der Waals surface area contributed by atoms with Crippen LogP contribution in [-0.4, -0.2) is 5.71 Å². The van der Waals surface area contributed by atoms with E-state index in [1.165, 1.54) is 6.08 Å². The van der Waals surface area contributed by atoms with Gasteiger partial charge in [0.15, 0.2) is 0 Å². The Labute approximate surface area is 62.3 Å². The lowest BCUT2D eigenvalue weighted by Gasteiger charge is -1.87. The normalized spacial score (nSPS) is 12.0. The fourth-order valence-electron chi connectivity index (χ4n) is 0.385. The first-order chi connectivity index (χ1) is 4.70. The Hall–Kier alpha value is -1.11. The van der Waals surface area contributed by atoms with Crippen molar-refractivity contribution in [3.63, 3.8) is 0 Å². The highest BCUT2D eigenvalue weighted by Gasteiger charge is 1.79. The standard InChI is InChI=1S/C9H13N/c1-4-8(3)6-7-9(10)5-2/h4-7,10H,2H2,1,3H3/b7-6-,8-4-,10-9?. The molecular weight excluding hydrogens is 122 g/mol. The predicted octanol–water partition coefficient (Wildman–Crippen LogP) is 2.71. The van der Waals surface area contributed by atoms with E-state index in [-0.39, 0.29) is 0 Å². The van der Waals surface area contributed by atoms with Crippen LogP contribution in [0.1, 0.15) is 13.8 Å². The Morgan fingerprint density at radius 3 is 2.40 bits per heavy atom. The largest absolute Gasteiger partial charge is 0.301 e. The van der Waals surface area contributed by atoms with E-state index in [1.54, 1.807) is 6.08 Å². The van der Waals surface area contributed by atoms with Gasteiger partial charge in [-0.25, -0.2) is 0 Å². The molecule has 0 spiro atoms. The van der Waals surface area contributed by atoms with Crippen molar-refractivity contribution in [2.45, 2.75) is 13.8 Å².